The lowest BCUT2D eigenvalue weighted by Crippen LogP contribution is -2.61. The minimum Gasteiger partial charge on any atom is -0.455 e. The van der Waals surface area contributed by atoms with Crippen molar-refractivity contribution in [1.82, 2.24) is 26.1 Å². The molecule has 1 aromatic carbocycles. The third-order valence-electron chi connectivity index (χ3n) is 8.71. The van der Waals surface area contributed by atoms with E-state index in [1.165, 1.54) is 5.01 Å². The largest absolute Gasteiger partial charge is 0.455 e. The van der Waals surface area contributed by atoms with E-state index in [4.69, 9.17) is 14.5 Å². The summed E-state index contributed by atoms with van der Waals surface area (Å²) in [5.74, 6) is -1.96. The molecule has 2 aliphatic rings. The third kappa shape index (κ3) is 9.48. The number of rotatable bonds is 6. The lowest BCUT2D eigenvalue weighted by molar-refractivity contribution is -0.157. The Labute approximate surface area is 279 Å². The number of ether oxygens (including phenoxy) is 2. The van der Waals surface area contributed by atoms with Crippen LogP contribution in [-0.2, 0) is 28.7 Å². The highest BCUT2D eigenvalue weighted by Gasteiger charge is 2.37. The van der Waals surface area contributed by atoms with Crippen LogP contribution in [0.2, 0.25) is 25.7 Å². The molecule has 0 spiro atoms. The lowest BCUT2D eigenvalue weighted by Gasteiger charge is -2.35. The molecular weight excluding hydrogens is 615 g/mol. The molecule has 47 heavy (non-hydrogen) atoms. The number of aromatic nitrogens is 1. The highest BCUT2D eigenvalue weighted by molar-refractivity contribution is 6.76. The molecule has 3 N–H and O–H groups in total. The van der Waals surface area contributed by atoms with Crippen LogP contribution in [-0.4, -0.2) is 79.6 Å². The van der Waals surface area contributed by atoms with Crippen molar-refractivity contribution in [2.45, 2.75) is 97.4 Å². The predicted molar refractivity (Wildman–Crippen MR) is 185 cm³/mol. The second-order valence-corrected chi connectivity index (χ2v) is 20.2. The zero-order chi connectivity index (χ0) is 34.5. The molecule has 2 aromatic rings. The van der Waals surface area contributed by atoms with Crippen molar-refractivity contribution >= 4 is 48.7 Å². The molecule has 0 unspecified atom stereocenters. The van der Waals surface area contributed by atoms with Gasteiger partial charge in [-0.25, -0.2) is 10.4 Å². The van der Waals surface area contributed by atoms with Crippen molar-refractivity contribution in [3.63, 3.8) is 0 Å². The standard InChI is InChI=1S/C35H51N5O6Si/c1-22(2)30-31(41)36-23(3)32(42)40-17-9-10-28(39-40)33(43)46-24(4)27-14-13-26-12-11-25(20-29(26)37-27)15-16-35(5,34(44)38-30)21-45-18-19-47(6,7)8/h11-16,20,22-24,28,30,39H,9-10,17-19,21H2,1-8H3,(H,36,41)(H,38,44)/b16-15+/t23-,24+,28-,30-,35-/m0/s1. The molecule has 3 amide bonds. The Bertz CT molecular complexity index is 1510. The van der Waals surface area contributed by atoms with Crippen molar-refractivity contribution in [3.8, 4) is 0 Å². The molecule has 5 bridgehead atoms. The zero-order valence-corrected chi connectivity index (χ0v) is 30.0. The fourth-order valence-electron chi connectivity index (χ4n) is 5.48. The first kappa shape index (κ1) is 36.2. The molecule has 0 radical (unpaired) electrons. The second-order valence-electron chi connectivity index (χ2n) is 14.6. The minimum atomic E-state index is -1.36. The van der Waals surface area contributed by atoms with Crippen LogP contribution >= 0.6 is 0 Å². The van der Waals surface area contributed by atoms with Crippen LogP contribution in [0.25, 0.3) is 17.0 Å². The van der Waals surface area contributed by atoms with Crippen LogP contribution in [0.3, 0.4) is 0 Å². The molecule has 0 aliphatic carbocycles. The van der Waals surface area contributed by atoms with E-state index in [1.54, 1.807) is 20.8 Å². The number of hydrogen-bond acceptors (Lipinski definition) is 8. The van der Waals surface area contributed by atoms with Gasteiger partial charge in [-0.3, -0.25) is 24.2 Å². The van der Waals surface area contributed by atoms with Gasteiger partial charge in [0, 0.05) is 26.6 Å². The van der Waals surface area contributed by atoms with E-state index >= 15 is 0 Å². The number of hydrogen-bond donors (Lipinski definition) is 3. The normalized spacial score (nSPS) is 27.4. The van der Waals surface area contributed by atoms with Gasteiger partial charge in [-0.15, -0.1) is 0 Å². The quantitative estimate of drug-likeness (QED) is 0.235. The molecule has 4 rings (SSSR count). The first-order chi connectivity index (χ1) is 22.1. The topological polar surface area (TPSA) is 139 Å². The van der Waals surface area contributed by atoms with E-state index in [0.717, 1.165) is 17.0 Å². The van der Waals surface area contributed by atoms with Gasteiger partial charge in [-0.2, -0.15) is 0 Å². The van der Waals surface area contributed by atoms with Crippen LogP contribution in [0, 0.1) is 11.3 Å². The van der Waals surface area contributed by atoms with Gasteiger partial charge in [0.2, 0.25) is 11.8 Å². The van der Waals surface area contributed by atoms with E-state index in [-0.39, 0.29) is 18.4 Å². The zero-order valence-electron chi connectivity index (χ0n) is 29.0. The molecule has 3 heterocycles. The molecular formula is C35H51N5O6Si. The van der Waals surface area contributed by atoms with E-state index in [2.05, 4.69) is 35.7 Å². The Morgan fingerprint density at radius 3 is 2.51 bits per heavy atom. The smallest absolute Gasteiger partial charge is 0.325 e. The fraction of sp³-hybridized carbons (Fsp3) is 0.571. The SMILES string of the molecule is CC(C)[C@@H]1NC(=O)[C@](C)(COCC[Si](C)(C)C)/C=C/c2ccc3ccc(nc3c2)[C@@H](C)OC(=O)[C@@H]2CCCN(N2)C(=O)[C@H](C)NC1=O. The number of carbonyl (C=O) groups is 4. The average molecular weight is 666 g/mol. The van der Waals surface area contributed by atoms with Gasteiger partial charge in [0.05, 0.1) is 23.2 Å². The summed E-state index contributed by atoms with van der Waals surface area (Å²) in [5.41, 5.74) is 4.03. The van der Waals surface area contributed by atoms with Crippen LogP contribution in [0.1, 0.15) is 64.8 Å². The van der Waals surface area contributed by atoms with Gasteiger partial charge in [-0.1, -0.05) is 63.8 Å². The summed E-state index contributed by atoms with van der Waals surface area (Å²) < 4.78 is 11.9. The monoisotopic (exact) mass is 665 g/mol. The lowest BCUT2D eigenvalue weighted by atomic mass is 9.88. The van der Waals surface area contributed by atoms with Gasteiger partial charge in [0.1, 0.15) is 24.2 Å². The van der Waals surface area contributed by atoms with Crippen LogP contribution in [0.15, 0.2) is 36.4 Å². The number of nitrogens with one attached hydrogen (secondary N) is 3. The number of hydrazine groups is 1. The van der Waals surface area contributed by atoms with Gasteiger partial charge >= 0.3 is 5.97 Å². The van der Waals surface area contributed by atoms with Crippen LogP contribution in [0.5, 0.6) is 0 Å². The summed E-state index contributed by atoms with van der Waals surface area (Å²) in [6, 6.07) is 8.03. The minimum absolute atomic E-state index is 0.127. The van der Waals surface area contributed by atoms with E-state index in [9.17, 15) is 19.2 Å². The predicted octanol–water partition coefficient (Wildman–Crippen LogP) is 4.37. The Balaban J connectivity index is 1.72. The van der Waals surface area contributed by atoms with Crippen LogP contribution in [0.4, 0.5) is 0 Å². The number of esters is 1. The maximum Gasteiger partial charge on any atom is 0.325 e. The summed E-state index contributed by atoms with van der Waals surface area (Å²) in [6.07, 6.45) is 4.14. The number of pyridine rings is 1. The van der Waals surface area contributed by atoms with Gasteiger partial charge in [0.25, 0.3) is 5.91 Å². The maximum atomic E-state index is 14.0. The number of benzene rings is 1. The summed E-state index contributed by atoms with van der Waals surface area (Å²) in [5, 5.41) is 8.03. The molecule has 0 saturated carbocycles. The number of carbonyl (C=O) groups excluding carboxylic acids is 4. The summed E-state index contributed by atoms with van der Waals surface area (Å²) in [4.78, 5) is 58.9. The van der Waals surface area contributed by atoms with Crippen LogP contribution < -0.4 is 16.1 Å². The molecule has 256 valence electrons. The number of cyclic esters (lactones) is 1. The Hall–Kier alpha value is -3.61. The van der Waals surface area contributed by atoms with E-state index in [0.29, 0.717) is 37.2 Å². The first-order valence-electron chi connectivity index (χ1n) is 16.6. The molecule has 1 aromatic heterocycles. The highest BCUT2D eigenvalue weighted by Crippen LogP contribution is 2.26. The average Bonchev–Trinajstić information content (AvgIpc) is 3.02. The Kier molecular flexibility index (Phi) is 11.6. The van der Waals surface area contributed by atoms with Crippen molar-refractivity contribution in [1.29, 1.82) is 0 Å². The second kappa shape index (κ2) is 15.1. The summed E-state index contributed by atoms with van der Waals surface area (Å²) in [6.45, 7) is 16.7. The highest BCUT2D eigenvalue weighted by atomic mass is 28.3. The number of amides is 3. The Morgan fingerprint density at radius 1 is 1.09 bits per heavy atom. The number of fused-ring (bicyclic) bond motifs is 4. The van der Waals surface area contributed by atoms with Crippen molar-refractivity contribution < 1.29 is 28.7 Å². The summed E-state index contributed by atoms with van der Waals surface area (Å²) >= 11 is 0. The summed E-state index contributed by atoms with van der Waals surface area (Å²) in [7, 11) is -1.36. The molecule has 5 atom stereocenters. The molecule has 1 fully saturated rings. The Morgan fingerprint density at radius 2 is 1.81 bits per heavy atom. The maximum absolute atomic E-state index is 14.0. The fourth-order valence-corrected chi connectivity index (χ4v) is 6.24. The molecule has 2 aliphatic heterocycles. The van der Waals surface area contributed by atoms with Crippen molar-refractivity contribution in [2.75, 3.05) is 19.8 Å². The van der Waals surface area contributed by atoms with Gasteiger partial charge in [0.15, 0.2) is 0 Å². The molecule has 1 saturated heterocycles. The van der Waals surface area contributed by atoms with Gasteiger partial charge < -0.3 is 20.1 Å². The van der Waals surface area contributed by atoms with E-state index in [1.807, 2.05) is 56.3 Å². The van der Waals surface area contributed by atoms with E-state index < -0.39 is 55.5 Å². The van der Waals surface area contributed by atoms with Crippen molar-refractivity contribution in [2.24, 2.45) is 11.3 Å². The molecule has 12 heteroatoms. The molecule has 11 nitrogen and oxygen atoms in total. The van der Waals surface area contributed by atoms with Crippen molar-refractivity contribution in [3.05, 3.63) is 47.7 Å². The van der Waals surface area contributed by atoms with Gasteiger partial charge in [-0.05, 0) is 63.3 Å². The number of nitrogens with zero attached hydrogens (tertiary/aromatic N) is 2. The third-order valence-corrected chi connectivity index (χ3v) is 10.4. The first-order valence-corrected chi connectivity index (χ1v) is 20.3.